The summed E-state index contributed by atoms with van der Waals surface area (Å²) >= 11 is 11.2. The maximum absolute atomic E-state index is 11.6. The van der Waals surface area contributed by atoms with Gasteiger partial charge in [-0.1, -0.05) is 0 Å². The number of rotatable bonds is 3. The van der Waals surface area contributed by atoms with Crippen LogP contribution in [-0.2, 0) is 0 Å². The molecule has 0 radical (unpaired) electrons. The van der Waals surface area contributed by atoms with Crippen molar-refractivity contribution in [3.8, 4) is 0 Å². The van der Waals surface area contributed by atoms with Crippen LogP contribution < -0.4 is 0 Å². The monoisotopic (exact) mass is 224 g/mol. The Labute approximate surface area is 74.1 Å². The summed E-state index contributed by atoms with van der Waals surface area (Å²) < 4.78 is 34.7. The zero-order chi connectivity index (χ0) is 9.12. The molecule has 0 aliphatic rings. The molecule has 0 fully saturated rings. The van der Waals surface area contributed by atoms with Crippen LogP contribution in [0.5, 0.6) is 0 Å². The summed E-state index contributed by atoms with van der Waals surface area (Å²) in [6.45, 7) is -0.695. The van der Waals surface area contributed by atoms with Gasteiger partial charge in [0.25, 0.3) is 0 Å². The van der Waals surface area contributed by atoms with Gasteiger partial charge in [-0.05, 0) is 19.0 Å². The lowest BCUT2D eigenvalue weighted by molar-refractivity contribution is -0.134. The molecule has 0 N–H and O–H groups in total. The Kier molecular flexibility index (Phi) is 4.22. The van der Waals surface area contributed by atoms with Gasteiger partial charge in [-0.25, -0.2) is 0 Å². The van der Waals surface area contributed by atoms with Crippen LogP contribution in [0, 0.1) is 0 Å². The van der Waals surface area contributed by atoms with Gasteiger partial charge in [0.1, 0.15) is 0 Å². The molecule has 0 spiro atoms. The fourth-order valence-electron chi connectivity index (χ4n) is 0.599. The van der Waals surface area contributed by atoms with Crippen molar-refractivity contribution in [2.24, 2.45) is 0 Å². The van der Waals surface area contributed by atoms with Gasteiger partial charge >= 0.3 is 6.18 Å². The molecule has 0 aliphatic carbocycles. The van der Waals surface area contributed by atoms with Crippen molar-refractivity contribution in [2.75, 3.05) is 0 Å². The Morgan fingerprint density at radius 1 is 1.27 bits per heavy atom. The van der Waals surface area contributed by atoms with E-state index in [-0.39, 0.29) is 6.42 Å². The van der Waals surface area contributed by atoms with Gasteiger partial charge in [-0.15, -0.1) is 22.2 Å². The minimum Gasteiger partial charge on any atom is -0.171 e. The van der Waals surface area contributed by atoms with Crippen molar-refractivity contribution < 1.29 is 13.2 Å². The lowest BCUT2D eigenvalue weighted by atomic mass is 10.3. The first kappa shape index (κ1) is 11.6. The predicted octanol–water partition coefficient (Wildman–Crippen LogP) is 3.88. The molecule has 0 aromatic rings. The molecule has 11 heavy (non-hydrogen) atoms. The highest BCUT2D eigenvalue weighted by Gasteiger charge is 2.29. The average Bonchev–Trinajstić information content (AvgIpc) is 1.55. The summed E-state index contributed by atoms with van der Waals surface area (Å²) in [5, 5.41) is 0. The van der Waals surface area contributed by atoms with Crippen LogP contribution in [-0.4, -0.2) is 12.9 Å². The van der Waals surface area contributed by atoms with Crippen LogP contribution in [0.3, 0.4) is 0 Å². The number of hydrogen-bond acceptors (Lipinski definition) is 0. The topological polar surface area (TPSA) is 0 Å². The third kappa shape index (κ3) is 10.6. The highest BCUT2D eigenvalue weighted by atomic mass is 35.7. The Morgan fingerprint density at radius 2 is 1.73 bits per heavy atom. The molecular weight excluding hydrogens is 216 g/mol. The van der Waals surface area contributed by atoms with Crippen molar-refractivity contribution >= 4 is 28.9 Å². The summed E-state index contributed by atoms with van der Waals surface area (Å²) in [6.07, 6.45) is -4.82. The highest BCUT2D eigenvalue weighted by molar-refractivity contribution is 7.44. The summed E-state index contributed by atoms with van der Waals surface area (Å²) in [7, 11) is 0. The lowest BCUT2D eigenvalue weighted by Gasteiger charge is -2.10. The third-order valence-electron chi connectivity index (χ3n) is 1.08. The Hall–Kier alpha value is 0.587. The SMILES string of the molecule is C[Si](Cl)(Cl)CCCC(F)(F)F. The van der Waals surface area contributed by atoms with E-state index in [1.54, 1.807) is 6.55 Å². The molecule has 0 amide bonds. The van der Waals surface area contributed by atoms with Gasteiger partial charge in [-0.3, -0.25) is 0 Å². The van der Waals surface area contributed by atoms with E-state index in [2.05, 4.69) is 0 Å². The molecule has 0 aromatic carbocycles. The third-order valence-corrected chi connectivity index (χ3v) is 3.44. The Bertz CT molecular complexity index is 104. The van der Waals surface area contributed by atoms with Crippen molar-refractivity contribution in [2.45, 2.75) is 31.6 Å². The molecule has 0 unspecified atom stereocenters. The standard InChI is InChI=1S/C5H9Cl2F3Si/c1-11(6,7)4-2-3-5(8,9)10/h2-4H2,1H3. The molecule has 0 aliphatic heterocycles. The molecule has 68 valence electrons. The second-order valence-corrected chi connectivity index (χ2v) is 10.8. The summed E-state index contributed by atoms with van der Waals surface area (Å²) in [5.41, 5.74) is 0. The first-order valence-corrected chi connectivity index (χ1v) is 7.88. The normalized spacial score (nSPS) is 13.6. The van der Waals surface area contributed by atoms with Crippen LogP contribution in [0.1, 0.15) is 12.8 Å². The largest absolute Gasteiger partial charge is 0.389 e. The molecule has 6 heteroatoms. The van der Waals surface area contributed by atoms with Gasteiger partial charge < -0.3 is 0 Å². The minimum absolute atomic E-state index is 0.0409. The van der Waals surface area contributed by atoms with E-state index < -0.39 is 19.3 Å². The van der Waals surface area contributed by atoms with Gasteiger partial charge in [-0.2, -0.15) is 13.2 Å². The second kappa shape index (κ2) is 4.01. The van der Waals surface area contributed by atoms with Crippen LogP contribution in [0.25, 0.3) is 0 Å². The Morgan fingerprint density at radius 3 is 2.00 bits per heavy atom. The molecule has 0 aromatic heterocycles. The fourth-order valence-corrected chi connectivity index (χ4v) is 2.20. The molecule has 0 nitrogen and oxygen atoms in total. The van der Waals surface area contributed by atoms with Gasteiger partial charge in [0.05, 0.1) is 0 Å². The summed E-state index contributed by atoms with van der Waals surface area (Å²) in [4.78, 5) is 0. The van der Waals surface area contributed by atoms with Crippen LogP contribution in [0.2, 0.25) is 12.6 Å². The van der Waals surface area contributed by atoms with E-state index in [9.17, 15) is 13.2 Å². The average molecular weight is 225 g/mol. The molecule has 0 heterocycles. The van der Waals surface area contributed by atoms with Crippen molar-refractivity contribution in [1.82, 2.24) is 0 Å². The zero-order valence-corrected chi connectivity index (χ0v) is 8.52. The smallest absolute Gasteiger partial charge is 0.171 e. The molecule has 0 atom stereocenters. The van der Waals surface area contributed by atoms with Crippen LogP contribution in [0.4, 0.5) is 13.2 Å². The van der Waals surface area contributed by atoms with E-state index in [4.69, 9.17) is 22.2 Å². The molecular formula is C5H9Cl2F3Si. The van der Waals surface area contributed by atoms with Crippen LogP contribution >= 0.6 is 22.2 Å². The second-order valence-electron chi connectivity index (χ2n) is 2.54. The maximum atomic E-state index is 11.6. The van der Waals surface area contributed by atoms with Crippen molar-refractivity contribution in [1.29, 1.82) is 0 Å². The minimum atomic E-state index is -4.08. The van der Waals surface area contributed by atoms with E-state index >= 15 is 0 Å². The first-order chi connectivity index (χ1) is 4.71. The summed E-state index contributed by atoms with van der Waals surface area (Å²) in [5.74, 6) is 0. The highest BCUT2D eigenvalue weighted by Crippen LogP contribution is 2.28. The van der Waals surface area contributed by atoms with Gasteiger partial charge in [0, 0.05) is 6.42 Å². The maximum Gasteiger partial charge on any atom is 0.389 e. The quantitative estimate of drug-likeness (QED) is 0.505. The van der Waals surface area contributed by atoms with E-state index in [1.165, 1.54) is 0 Å². The summed E-state index contributed by atoms with van der Waals surface area (Å²) in [6, 6.07) is 0.301. The van der Waals surface area contributed by atoms with E-state index in [1.807, 2.05) is 0 Å². The van der Waals surface area contributed by atoms with E-state index in [0.29, 0.717) is 6.04 Å². The van der Waals surface area contributed by atoms with E-state index in [0.717, 1.165) is 0 Å². The molecule has 0 bridgehead atoms. The van der Waals surface area contributed by atoms with Crippen LogP contribution in [0.15, 0.2) is 0 Å². The molecule has 0 rings (SSSR count). The van der Waals surface area contributed by atoms with Crippen molar-refractivity contribution in [3.05, 3.63) is 0 Å². The first-order valence-electron chi connectivity index (χ1n) is 3.15. The number of alkyl halides is 3. The lowest BCUT2D eigenvalue weighted by Crippen LogP contribution is -2.14. The van der Waals surface area contributed by atoms with Crippen molar-refractivity contribution in [3.63, 3.8) is 0 Å². The Balaban J connectivity index is 3.44. The number of halogens is 5. The fraction of sp³-hybridized carbons (Fsp3) is 1.00. The van der Waals surface area contributed by atoms with Gasteiger partial charge in [0.2, 0.25) is 6.69 Å². The molecule has 0 saturated carbocycles. The predicted molar refractivity (Wildman–Crippen MR) is 43.4 cm³/mol. The zero-order valence-electron chi connectivity index (χ0n) is 6.01. The molecule has 0 saturated heterocycles. The number of hydrogen-bond donors (Lipinski definition) is 0. The van der Waals surface area contributed by atoms with Gasteiger partial charge in [0.15, 0.2) is 0 Å².